The van der Waals surface area contributed by atoms with Crippen molar-refractivity contribution in [1.82, 2.24) is 14.3 Å². The van der Waals surface area contributed by atoms with E-state index in [0.717, 1.165) is 35.2 Å². The standard InChI is InChI=1S/C20H27N3O3S/c1-13-9-14(2)20(15(3)10-13)27(24,25)23-8-6-7-18(12-23)26-19-11-16(4)21-17(5)22-19/h9-11,18H,6-8,12H2,1-5H3. The Morgan fingerprint density at radius 1 is 1.04 bits per heavy atom. The van der Waals surface area contributed by atoms with E-state index < -0.39 is 10.0 Å². The van der Waals surface area contributed by atoms with E-state index in [9.17, 15) is 8.42 Å². The summed E-state index contributed by atoms with van der Waals surface area (Å²) >= 11 is 0. The highest BCUT2D eigenvalue weighted by Gasteiger charge is 2.33. The summed E-state index contributed by atoms with van der Waals surface area (Å²) in [6.45, 7) is 10.2. The lowest BCUT2D eigenvalue weighted by atomic mass is 10.1. The van der Waals surface area contributed by atoms with Gasteiger partial charge in [0.05, 0.1) is 11.4 Å². The minimum atomic E-state index is -3.56. The maximum Gasteiger partial charge on any atom is 0.243 e. The van der Waals surface area contributed by atoms with Crippen LogP contribution in [0.1, 0.15) is 41.1 Å². The summed E-state index contributed by atoms with van der Waals surface area (Å²) in [4.78, 5) is 8.98. The van der Waals surface area contributed by atoms with Crippen molar-refractivity contribution < 1.29 is 13.2 Å². The number of piperidine rings is 1. The minimum Gasteiger partial charge on any atom is -0.473 e. The molecule has 1 fully saturated rings. The molecule has 2 heterocycles. The van der Waals surface area contributed by atoms with Gasteiger partial charge >= 0.3 is 0 Å². The third kappa shape index (κ3) is 4.30. The number of sulfonamides is 1. The van der Waals surface area contributed by atoms with Gasteiger partial charge in [0.15, 0.2) is 0 Å². The van der Waals surface area contributed by atoms with Crippen LogP contribution in [-0.4, -0.2) is 41.9 Å². The Labute approximate surface area is 161 Å². The summed E-state index contributed by atoms with van der Waals surface area (Å²) in [6, 6.07) is 5.63. The van der Waals surface area contributed by atoms with Crippen LogP contribution >= 0.6 is 0 Å². The van der Waals surface area contributed by atoms with Crippen molar-refractivity contribution in [3.8, 4) is 5.88 Å². The average molecular weight is 390 g/mol. The predicted molar refractivity (Wildman–Crippen MR) is 105 cm³/mol. The maximum atomic E-state index is 13.3. The molecule has 1 aromatic carbocycles. The molecule has 0 spiro atoms. The smallest absolute Gasteiger partial charge is 0.243 e. The van der Waals surface area contributed by atoms with Crippen LogP contribution in [0.4, 0.5) is 0 Å². The molecule has 0 amide bonds. The van der Waals surface area contributed by atoms with Crippen molar-refractivity contribution in [1.29, 1.82) is 0 Å². The lowest BCUT2D eigenvalue weighted by Gasteiger charge is -2.32. The number of hydrogen-bond donors (Lipinski definition) is 0. The highest BCUT2D eigenvalue weighted by atomic mass is 32.2. The number of benzene rings is 1. The zero-order chi connectivity index (χ0) is 19.8. The summed E-state index contributed by atoms with van der Waals surface area (Å²) in [5, 5.41) is 0. The summed E-state index contributed by atoms with van der Waals surface area (Å²) in [7, 11) is -3.56. The summed E-state index contributed by atoms with van der Waals surface area (Å²) < 4.78 is 34.1. The lowest BCUT2D eigenvalue weighted by Crippen LogP contribution is -2.44. The Morgan fingerprint density at radius 2 is 1.70 bits per heavy atom. The molecule has 1 unspecified atom stereocenters. The maximum absolute atomic E-state index is 13.3. The first-order chi connectivity index (χ1) is 12.7. The Kier molecular flexibility index (Phi) is 5.53. The molecule has 1 atom stereocenters. The molecule has 1 aliphatic rings. The molecule has 0 N–H and O–H groups in total. The minimum absolute atomic E-state index is 0.215. The molecule has 0 saturated carbocycles. The van der Waals surface area contributed by atoms with E-state index in [1.54, 1.807) is 10.4 Å². The Bertz CT molecular complexity index is 914. The zero-order valence-corrected chi connectivity index (χ0v) is 17.4. The van der Waals surface area contributed by atoms with Crippen LogP contribution in [0, 0.1) is 34.6 Å². The molecule has 7 heteroatoms. The van der Waals surface area contributed by atoms with Crippen LogP contribution < -0.4 is 4.74 Å². The molecule has 0 bridgehead atoms. The molecule has 27 heavy (non-hydrogen) atoms. The van der Waals surface area contributed by atoms with Crippen molar-refractivity contribution in [2.24, 2.45) is 0 Å². The molecule has 0 radical (unpaired) electrons. The molecule has 2 aromatic rings. The molecule has 3 rings (SSSR count). The van der Waals surface area contributed by atoms with Crippen LogP contribution in [0.5, 0.6) is 5.88 Å². The van der Waals surface area contributed by atoms with Crippen LogP contribution in [0.15, 0.2) is 23.1 Å². The number of nitrogens with zero attached hydrogens (tertiary/aromatic N) is 3. The van der Waals surface area contributed by atoms with Crippen LogP contribution in [0.2, 0.25) is 0 Å². The van der Waals surface area contributed by atoms with Gasteiger partial charge in [-0.1, -0.05) is 17.7 Å². The first kappa shape index (κ1) is 19.8. The fraction of sp³-hybridized carbons (Fsp3) is 0.500. The van der Waals surface area contributed by atoms with Gasteiger partial charge in [0.25, 0.3) is 0 Å². The Hall–Kier alpha value is -1.99. The third-order valence-corrected chi connectivity index (χ3v) is 6.94. The van der Waals surface area contributed by atoms with E-state index in [-0.39, 0.29) is 6.10 Å². The van der Waals surface area contributed by atoms with Gasteiger partial charge in [-0.2, -0.15) is 9.29 Å². The van der Waals surface area contributed by atoms with E-state index >= 15 is 0 Å². The van der Waals surface area contributed by atoms with E-state index in [1.807, 2.05) is 46.8 Å². The van der Waals surface area contributed by atoms with Crippen molar-refractivity contribution in [3.63, 3.8) is 0 Å². The summed E-state index contributed by atoms with van der Waals surface area (Å²) in [5.41, 5.74) is 3.48. The molecule has 0 aliphatic carbocycles. The molecule has 1 aliphatic heterocycles. The SMILES string of the molecule is Cc1cc(C)c(S(=O)(=O)N2CCCC(Oc3cc(C)nc(C)n3)C2)c(C)c1. The third-order valence-electron chi connectivity index (χ3n) is 4.77. The van der Waals surface area contributed by atoms with Gasteiger partial charge in [0.1, 0.15) is 11.9 Å². The van der Waals surface area contributed by atoms with E-state index in [1.165, 1.54) is 0 Å². The van der Waals surface area contributed by atoms with Crippen molar-refractivity contribution in [2.45, 2.75) is 58.5 Å². The molecular weight excluding hydrogens is 362 g/mol. The molecule has 6 nitrogen and oxygen atoms in total. The van der Waals surface area contributed by atoms with Gasteiger partial charge in [0, 0.05) is 18.3 Å². The van der Waals surface area contributed by atoms with Crippen LogP contribution in [0.3, 0.4) is 0 Å². The van der Waals surface area contributed by atoms with Crippen molar-refractivity contribution in [2.75, 3.05) is 13.1 Å². The van der Waals surface area contributed by atoms with Crippen LogP contribution in [0.25, 0.3) is 0 Å². The number of aromatic nitrogens is 2. The lowest BCUT2D eigenvalue weighted by molar-refractivity contribution is 0.124. The summed E-state index contributed by atoms with van der Waals surface area (Å²) in [6.07, 6.45) is 1.35. The van der Waals surface area contributed by atoms with Gasteiger partial charge in [-0.25, -0.2) is 13.4 Å². The van der Waals surface area contributed by atoms with Gasteiger partial charge < -0.3 is 4.74 Å². The first-order valence-electron chi connectivity index (χ1n) is 9.24. The fourth-order valence-corrected chi connectivity index (χ4v) is 5.76. The van der Waals surface area contributed by atoms with E-state index in [0.29, 0.717) is 29.7 Å². The quantitative estimate of drug-likeness (QED) is 0.803. The van der Waals surface area contributed by atoms with E-state index in [4.69, 9.17) is 4.74 Å². The number of ether oxygens (including phenoxy) is 1. The topological polar surface area (TPSA) is 72.4 Å². The first-order valence-corrected chi connectivity index (χ1v) is 10.7. The Morgan fingerprint density at radius 3 is 2.33 bits per heavy atom. The second-order valence-corrected chi connectivity index (χ2v) is 9.24. The number of hydrogen-bond acceptors (Lipinski definition) is 5. The van der Waals surface area contributed by atoms with Crippen molar-refractivity contribution in [3.05, 3.63) is 46.4 Å². The second kappa shape index (κ2) is 7.56. The van der Waals surface area contributed by atoms with Gasteiger partial charge in [-0.15, -0.1) is 0 Å². The normalized spacial score (nSPS) is 18.5. The number of aryl methyl sites for hydroxylation is 5. The van der Waals surface area contributed by atoms with Gasteiger partial charge in [-0.3, -0.25) is 0 Å². The van der Waals surface area contributed by atoms with Gasteiger partial charge in [0.2, 0.25) is 15.9 Å². The molecule has 1 saturated heterocycles. The van der Waals surface area contributed by atoms with Crippen molar-refractivity contribution >= 4 is 10.0 Å². The largest absolute Gasteiger partial charge is 0.473 e. The average Bonchev–Trinajstić information content (AvgIpc) is 2.52. The van der Waals surface area contributed by atoms with Crippen LogP contribution in [-0.2, 0) is 10.0 Å². The highest BCUT2D eigenvalue weighted by molar-refractivity contribution is 7.89. The molecule has 1 aromatic heterocycles. The second-order valence-electron chi connectivity index (χ2n) is 7.37. The monoisotopic (exact) mass is 389 g/mol. The van der Waals surface area contributed by atoms with E-state index in [2.05, 4.69) is 9.97 Å². The molecular formula is C20H27N3O3S. The highest BCUT2D eigenvalue weighted by Crippen LogP contribution is 2.28. The summed E-state index contributed by atoms with van der Waals surface area (Å²) in [5.74, 6) is 1.16. The predicted octanol–water partition coefficient (Wildman–Crippen LogP) is 3.25. The number of rotatable bonds is 4. The zero-order valence-electron chi connectivity index (χ0n) is 16.6. The Balaban J connectivity index is 1.83. The van der Waals surface area contributed by atoms with Gasteiger partial charge in [-0.05, 0) is 58.6 Å². The molecule has 146 valence electrons. The fourth-order valence-electron chi connectivity index (χ4n) is 3.84.